The van der Waals surface area contributed by atoms with E-state index in [1.54, 1.807) is 12.1 Å². The second-order valence-corrected chi connectivity index (χ2v) is 5.23. The maximum Gasteiger partial charge on any atom is 0.290 e. The summed E-state index contributed by atoms with van der Waals surface area (Å²) < 4.78 is 5.36. The average molecular weight is 324 g/mol. The first-order chi connectivity index (χ1) is 11.6. The van der Waals surface area contributed by atoms with Crippen LogP contribution in [0.15, 0.2) is 48.5 Å². The third kappa shape index (κ3) is 3.52. The molecule has 1 aromatic heterocycles. The number of nitrogens with one attached hydrogen (secondary N) is 3. The van der Waals surface area contributed by atoms with Gasteiger partial charge in [-0.05, 0) is 30.7 Å². The van der Waals surface area contributed by atoms with Crippen LogP contribution in [0.3, 0.4) is 0 Å². The Labute approximate surface area is 138 Å². The van der Waals surface area contributed by atoms with E-state index in [9.17, 15) is 9.59 Å². The summed E-state index contributed by atoms with van der Waals surface area (Å²) >= 11 is 0. The highest BCUT2D eigenvalue weighted by Crippen LogP contribution is 2.14. The number of ether oxygens (including phenoxy) is 1. The minimum absolute atomic E-state index is 0.203. The van der Waals surface area contributed by atoms with Gasteiger partial charge in [-0.15, -0.1) is 0 Å². The van der Waals surface area contributed by atoms with Crippen molar-refractivity contribution < 1.29 is 14.3 Å². The van der Waals surface area contributed by atoms with Crippen LogP contribution in [0.5, 0.6) is 5.75 Å². The van der Waals surface area contributed by atoms with Crippen molar-refractivity contribution >= 4 is 22.7 Å². The topological polar surface area (TPSA) is 96.1 Å². The zero-order valence-electron chi connectivity index (χ0n) is 13.0. The van der Waals surface area contributed by atoms with E-state index < -0.39 is 11.8 Å². The Bertz CT molecular complexity index is 888. The second kappa shape index (κ2) is 6.82. The van der Waals surface area contributed by atoms with E-state index in [1.165, 1.54) is 0 Å². The Balaban J connectivity index is 1.53. The third-order valence-corrected chi connectivity index (χ3v) is 3.36. The number of nitrogens with zero attached hydrogens (tertiary/aromatic N) is 1. The zero-order valence-corrected chi connectivity index (χ0v) is 13.0. The van der Waals surface area contributed by atoms with Gasteiger partial charge >= 0.3 is 0 Å². The van der Waals surface area contributed by atoms with Crippen LogP contribution in [0.4, 0.5) is 0 Å². The van der Waals surface area contributed by atoms with E-state index in [0.29, 0.717) is 11.1 Å². The fourth-order valence-electron chi connectivity index (χ4n) is 2.21. The van der Waals surface area contributed by atoms with E-state index in [4.69, 9.17) is 4.74 Å². The summed E-state index contributed by atoms with van der Waals surface area (Å²) in [5, 5.41) is 7.40. The van der Waals surface area contributed by atoms with E-state index in [0.717, 1.165) is 11.1 Å². The van der Waals surface area contributed by atoms with Crippen molar-refractivity contribution in [3.63, 3.8) is 0 Å². The number of para-hydroxylation sites is 1. The lowest BCUT2D eigenvalue weighted by Gasteiger charge is -2.08. The molecule has 24 heavy (non-hydrogen) atoms. The van der Waals surface area contributed by atoms with Crippen molar-refractivity contribution in [2.24, 2.45) is 0 Å². The largest absolute Gasteiger partial charge is 0.484 e. The number of hydrogen-bond donors (Lipinski definition) is 3. The molecule has 3 N–H and O–H groups in total. The predicted octanol–water partition coefficient (Wildman–Crippen LogP) is 1.71. The van der Waals surface area contributed by atoms with E-state index in [-0.39, 0.29) is 12.3 Å². The van der Waals surface area contributed by atoms with Gasteiger partial charge in [0.15, 0.2) is 12.3 Å². The van der Waals surface area contributed by atoms with Crippen molar-refractivity contribution in [1.82, 2.24) is 21.0 Å². The fraction of sp³-hybridized carbons (Fsp3) is 0.118. The maximum absolute atomic E-state index is 12.1. The summed E-state index contributed by atoms with van der Waals surface area (Å²) in [6, 6.07) is 14.6. The van der Waals surface area contributed by atoms with Crippen molar-refractivity contribution in [3.8, 4) is 5.75 Å². The van der Waals surface area contributed by atoms with E-state index in [2.05, 4.69) is 21.0 Å². The van der Waals surface area contributed by atoms with Gasteiger partial charge in [0.1, 0.15) is 5.75 Å². The molecular weight excluding hydrogens is 308 g/mol. The van der Waals surface area contributed by atoms with Crippen LogP contribution >= 0.6 is 0 Å². The van der Waals surface area contributed by atoms with Crippen LogP contribution in [-0.4, -0.2) is 28.6 Å². The van der Waals surface area contributed by atoms with Crippen LogP contribution in [0, 0.1) is 6.92 Å². The van der Waals surface area contributed by atoms with Crippen LogP contribution < -0.4 is 15.6 Å². The number of aromatic nitrogens is 2. The summed E-state index contributed by atoms with van der Waals surface area (Å²) in [5.41, 5.74) is 6.62. The Hall–Kier alpha value is -3.35. The van der Waals surface area contributed by atoms with Crippen molar-refractivity contribution in [3.05, 3.63) is 59.8 Å². The number of carbonyl (C=O) groups excluding carboxylic acids is 2. The lowest BCUT2D eigenvalue weighted by Crippen LogP contribution is -2.44. The fourth-order valence-corrected chi connectivity index (χ4v) is 2.21. The molecule has 0 saturated carbocycles. The minimum Gasteiger partial charge on any atom is -0.484 e. The number of carbonyl (C=O) groups is 2. The maximum atomic E-state index is 12.1. The first-order valence-electron chi connectivity index (χ1n) is 7.35. The smallest absolute Gasteiger partial charge is 0.290 e. The van der Waals surface area contributed by atoms with Gasteiger partial charge in [0.25, 0.3) is 11.8 Å². The van der Waals surface area contributed by atoms with E-state index >= 15 is 0 Å². The molecule has 0 unspecified atom stereocenters. The predicted molar refractivity (Wildman–Crippen MR) is 88.4 cm³/mol. The molecule has 0 aliphatic heterocycles. The SMILES string of the molecule is Cc1cccc(OCC(=O)NNC(=O)c2n[nH]c3ccccc23)c1. The number of H-pyrrole nitrogens is 1. The molecule has 2 amide bonds. The van der Waals surface area contributed by atoms with Crippen LogP contribution in [0.2, 0.25) is 0 Å². The average Bonchev–Trinajstić information content (AvgIpc) is 3.02. The molecule has 2 aromatic carbocycles. The molecule has 0 bridgehead atoms. The number of fused-ring (bicyclic) bond motifs is 1. The molecule has 3 aromatic rings. The first kappa shape index (κ1) is 15.5. The number of aromatic amines is 1. The lowest BCUT2D eigenvalue weighted by atomic mass is 10.2. The molecule has 0 aliphatic rings. The van der Waals surface area contributed by atoms with Crippen molar-refractivity contribution in [2.45, 2.75) is 6.92 Å². The quantitative estimate of drug-likeness (QED) is 0.637. The Morgan fingerprint density at radius 3 is 2.79 bits per heavy atom. The number of benzene rings is 2. The highest BCUT2D eigenvalue weighted by atomic mass is 16.5. The van der Waals surface area contributed by atoms with Gasteiger partial charge < -0.3 is 4.74 Å². The van der Waals surface area contributed by atoms with Gasteiger partial charge in [0, 0.05) is 5.39 Å². The van der Waals surface area contributed by atoms with E-state index in [1.807, 2.05) is 43.3 Å². The summed E-state index contributed by atoms with van der Waals surface area (Å²) in [6.45, 7) is 1.73. The molecule has 7 heteroatoms. The molecule has 122 valence electrons. The molecule has 3 rings (SSSR count). The Morgan fingerprint density at radius 2 is 1.96 bits per heavy atom. The monoisotopic (exact) mass is 324 g/mol. The van der Waals surface area contributed by atoms with Crippen molar-refractivity contribution in [1.29, 1.82) is 0 Å². The minimum atomic E-state index is -0.503. The molecule has 0 atom stereocenters. The first-order valence-corrected chi connectivity index (χ1v) is 7.35. The highest BCUT2D eigenvalue weighted by Gasteiger charge is 2.14. The van der Waals surface area contributed by atoms with Crippen molar-refractivity contribution in [2.75, 3.05) is 6.61 Å². The number of hydrogen-bond acceptors (Lipinski definition) is 4. The Morgan fingerprint density at radius 1 is 1.12 bits per heavy atom. The van der Waals surface area contributed by atoms with Gasteiger partial charge in [0.05, 0.1) is 5.52 Å². The number of aryl methyl sites for hydroxylation is 1. The number of amides is 2. The van der Waals surface area contributed by atoms with Crippen LogP contribution in [0.25, 0.3) is 10.9 Å². The van der Waals surface area contributed by atoms with Crippen LogP contribution in [0.1, 0.15) is 16.1 Å². The van der Waals surface area contributed by atoms with Gasteiger partial charge in [-0.25, -0.2) is 0 Å². The number of rotatable bonds is 4. The van der Waals surface area contributed by atoms with Gasteiger partial charge in [-0.1, -0.05) is 30.3 Å². The molecule has 0 aliphatic carbocycles. The van der Waals surface area contributed by atoms with Gasteiger partial charge in [-0.2, -0.15) is 5.10 Å². The molecule has 0 spiro atoms. The normalized spacial score (nSPS) is 10.4. The summed E-state index contributed by atoms with van der Waals surface area (Å²) in [6.07, 6.45) is 0. The summed E-state index contributed by atoms with van der Waals surface area (Å²) in [5.74, 6) is -0.379. The molecule has 0 fully saturated rings. The molecule has 7 nitrogen and oxygen atoms in total. The third-order valence-electron chi connectivity index (χ3n) is 3.36. The summed E-state index contributed by atoms with van der Waals surface area (Å²) in [4.78, 5) is 23.9. The van der Waals surface area contributed by atoms with Gasteiger partial charge in [0.2, 0.25) is 0 Å². The lowest BCUT2D eigenvalue weighted by molar-refractivity contribution is -0.123. The number of hydrazine groups is 1. The molecular formula is C17H16N4O3. The molecule has 0 radical (unpaired) electrons. The Kier molecular flexibility index (Phi) is 4.42. The van der Waals surface area contributed by atoms with Crippen LogP contribution in [-0.2, 0) is 4.79 Å². The highest BCUT2D eigenvalue weighted by molar-refractivity contribution is 6.05. The molecule has 1 heterocycles. The standard InChI is InChI=1S/C17H16N4O3/c1-11-5-4-6-12(9-11)24-10-15(22)19-21-17(23)16-13-7-2-3-8-14(13)18-20-16/h2-9H,10H2,1H3,(H,18,20)(H,19,22)(H,21,23). The van der Waals surface area contributed by atoms with Gasteiger partial charge in [-0.3, -0.25) is 25.5 Å². The zero-order chi connectivity index (χ0) is 16.9. The second-order valence-electron chi connectivity index (χ2n) is 5.23. The summed E-state index contributed by atoms with van der Waals surface area (Å²) in [7, 11) is 0. The molecule has 0 saturated heterocycles.